The number of hydrazine groups is 1. The summed E-state index contributed by atoms with van der Waals surface area (Å²) in [5.74, 6) is 0.689. The van der Waals surface area contributed by atoms with E-state index in [9.17, 15) is 10.0 Å². The summed E-state index contributed by atoms with van der Waals surface area (Å²) in [6.07, 6.45) is 4.27. The first kappa shape index (κ1) is 41.0. The molecule has 0 saturated carbocycles. The second kappa shape index (κ2) is 19.1. The smallest absolute Gasteiger partial charge is 0.226 e. The van der Waals surface area contributed by atoms with E-state index in [-0.39, 0.29) is 5.91 Å². The predicted molar refractivity (Wildman–Crippen MR) is 242 cm³/mol. The van der Waals surface area contributed by atoms with Crippen LogP contribution in [0.4, 0.5) is 0 Å². The van der Waals surface area contributed by atoms with Crippen molar-refractivity contribution in [2.45, 2.75) is 57.0 Å². The van der Waals surface area contributed by atoms with Gasteiger partial charge in [-0.3, -0.25) is 9.97 Å². The number of hydrazone groups is 1. The lowest BCUT2D eigenvalue weighted by atomic mass is 9.77. The fraction of sp³-hybridized carbons (Fsp3) is 0.235. The average Bonchev–Trinajstić information content (AvgIpc) is 3.92. The molecular formula is C51H51N8O2-. The summed E-state index contributed by atoms with van der Waals surface area (Å²) in [6, 6.07) is 57.3. The second-order valence-electron chi connectivity index (χ2n) is 15.6. The standard InChI is InChI=1S/C51H51N8O2/c1-3-4-30-47-48(59(61)57(53-47)36-19-35-56(2)49(60)38-39-20-9-5-10-21-39)37-40-31-33-41(34-32-40)45-28-17-18-29-46(45)50-52-54-55-58(50)51(42-22-11-6-12-23-42,43-24-13-7-14-25-43)44-26-15-8-16-27-44/h5-18,20-29,31-34,48H,3-4,19,30,35-38H2,1-2H3/q-1. The Kier molecular flexibility index (Phi) is 12.8. The zero-order chi connectivity index (χ0) is 42.0. The Morgan fingerprint density at radius 1 is 0.689 bits per heavy atom. The first-order valence-corrected chi connectivity index (χ1v) is 21.2. The monoisotopic (exact) mass is 807 g/mol. The van der Waals surface area contributed by atoms with E-state index < -0.39 is 11.6 Å². The van der Waals surface area contributed by atoms with Gasteiger partial charge < -0.3 is 10.1 Å². The molecule has 1 unspecified atom stereocenters. The van der Waals surface area contributed by atoms with E-state index in [1.807, 2.05) is 72.4 Å². The number of hydrogen-bond acceptors (Lipinski definition) is 8. The fourth-order valence-electron chi connectivity index (χ4n) is 8.41. The number of amides is 1. The van der Waals surface area contributed by atoms with Crippen molar-refractivity contribution in [2.75, 3.05) is 20.1 Å². The Bertz CT molecular complexity index is 2410. The predicted octanol–water partition coefficient (Wildman–Crippen LogP) is 9.43. The van der Waals surface area contributed by atoms with Gasteiger partial charge in [0.2, 0.25) is 5.91 Å². The number of unbranched alkanes of at least 4 members (excludes halogenated alkanes) is 1. The van der Waals surface area contributed by atoms with E-state index in [1.54, 1.807) is 10.0 Å². The fourth-order valence-corrected chi connectivity index (χ4v) is 8.41. The highest BCUT2D eigenvalue weighted by atomic mass is 16.6. The SMILES string of the molecule is CCCCC1=NN(CCCN(C)C(=O)Cc2ccccc2)N([O-])C1Cc1ccc(-c2ccccc2-c2nnnn2C(c2ccccc2)(c2ccccc2)c2ccccc2)cc1. The van der Waals surface area contributed by atoms with Gasteiger partial charge in [0.1, 0.15) is 5.54 Å². The van der Waals surface area contributed by atoms with Crippen molar-refractivity contribution in [3.63, 3.8) is 0 Å². The Balaban J connectivity index is 1.04. The average molecular weight is 808 g/mol. The zero-order valence-corrected chi connectivity index (χ0v) is 34.8. The van der Waals surface area contributed by atoms with E-state index in [0.717, 1.165) is 74.7 Å². The molecule has 0 aliphatic carbocycles. The third-order valence-corrected chi connectivity index (χ3v) is 11.6. The van der Waals surface area contributed by atoms with E-state index in [2.05, 4.69) is 121 Å². The normalized spacial score (nSPS) is 14.2. The van der Waals surface area contributed by atoms with Crippen LogP contribution in [0.15, 0.2) is 175 Å². The Morgan fingerprint density at radius 2 is 1.25 bits per heavy atom. The zero-order valence-electron chi connectivity index (χ0n) is 34.8. The van der Waals surface area contributed by atoms with E-state index in [4.69, 9.17) is 15.4 Å². The van der Waals surface area contributed by atoms with Gasteiger partial charge >= 0.3 is 0 Å². The van der Waals surface area contributed by atoms with Crippen molar-refractivity contribution in [1.29, 1.82) is 0 Å². The minimum Gasteiger partial charge on any atom is -0.766 e. The molecule has 1 aromatic heterocycles. The Morgan fingerprint density at radius 3 is 1.84 bits per heavy atom. The maximum atomic E-state index is 13.8. The molecule has 10 nitrogen and oxygen atoms in total. The number of hydroxylamine groups is 1. The van der Waals surface area contributed by atoms with Crippen molar-refractivity contribution in [3.05, 3.63) is 203 Å². The van der Waals surface area contributed by atoms with Gasteiger partial charge in [0.05, 0.1) is 24.7 Å². The number of nitrogens with zero attached hydrogens (tertiary/aromatic N) is 8. The number of carbonyl (C=O) groups is 1. The van der Waals surface area contributed by atoms with Crippen LogP contribution in [0, 0.1) is 5.21 Å². The summed E-state index contributed by atoms with van der Waals surface area (Å²) in [5.41, 5.74) is 8.05. The van der Waals surface area contributed by atoms with Gasteiger partial charge in [-0.15, -0.1) is 5.10 Å². The van der Waals surface area contributed by atoms with E-state index in [0.29, 0.717) is 38.2 Å². The van der Waals surface area contributed by atoms with Crippen molar-refractivity contribution in [2.24, 2.45) is 5.10 Å². The molecule has 10 heteroatoms. The van der Waals surface area contributed by atoms with Crippen LogP contribution in [0.2, 0.25) is 0 Å². The molecule has 0 saturated heterocycles. The molecule has 0 spiro atoms. The largest absolute Gasteiger partial charge is 0.766 e. The molecule has 7 aromatic rings. The van der Waals surface area contributed by atoms with Crippen LogP contribution in [-0.4, -0.2) is 73.2 Å². The summed E-state index contributed by atoms with van der Waals surface area (Å²) >= 11 is 0. The highest BCUT2D eigenvalue weighted by molar-refractivity contribution is 5.91. The number of tetrazole rings is 1. The highest BCUT2D eigenvalue weighted by Crippen LogP contribution is 2.43. The number of likely N-dealkylation sites (N-methyl/N-ethyl adjacent to an activating group) is 1. The third kappa shape index (κ3) is 8.77. The van der Waals surface area contributed by atoms with Crippen LogP contribution in [0.3, 0.4) is 0 Å². The van der Waals surface area contributed by atoms with Crippen LogP contribution in [-0.2, 0) is 23.2 Å². The van der Waals surface area contributed by atoms with Gasteiger partial charge in [-0.05, 0) is 75.1 Å². The quantitative estimate of drug-likeness (QED) is 0.0845. The molecule has 1 amide bonds. The molecule has 1 aliphatic rings. The molecule has 0 N–H and O–H groups in total. The lowest BCUT2D eigenvalue weighted by Crippen LogP contribution is -2.41. The van der Waals surface area contributed by atoms with Crippen molar-refractivity contribution in [1.82, 2.24) is 35.4 Å². The van der Waals surface area contributed by atoms with Gasteiger partial charge in [0.15, 0.2) is 5.82 Å². The van der Waals surface area contributed by atoms with Crippen molar-refractivity contribution >= 4 is 11.6 Å². The van der Waals surface area contributed by atoms with Crippen LogP contribution in [0.5, 0.6) is 0 Å². The van der Waals surface area contributed by atoms with E-state index in [1.165, 1.54) is 0 Å². The molecule has 61 heavy (non-hydrogen) atoms. The summed E-state index contributed by atoms with van der Waals surface area (Å²) in [7, 11) is 1.82. The summed E-state index contributed by atoms with van der Waals surface area (Å²) in [6.45, 7) is 3.13. The second-order valence-corrected chi connectivity index (χ2v) is 15.6. The molecule has 1 atom stereocenters. The van der Waals surface area contributed by atoms with Gasteiger partial charge in [0, 0.05) is 19.2 Å². The number of rotatable bonds is 17. The molecule has 8 rings (SSSR count). The minimum absolute atomic E-state index is 0.0564. The van der Waals surface area contributed by atoms with Crippen LogP contribution in [0.1, 0.15) is 60.4 Å². The van der Waals surface area contributed by atoms with Crippen molar-refractivity contribution in [3.8, 4) is 22.5 Å². The lowest BCUT2D eigenvalue weighted by Gasteiger charge is -2.37. The van der Waals surface area contributed by atoms with Gasteiger partial charge in [-0.2, -0.15) is 5.10 Å². The maximum absolute atomic E-state index is 13.8. The van der Waals surface area contributed by atoms with Crippen LogP contribution in [0.25, 0.3) is 22.5 Å². The van der Waals surface area contributed by atoms with Crippen molar-refractivity contribution < 1.29 is 4.79 Å². The number of benzene rings is 6. The lowest BCUT2D eigenvalue weighted by molar-refractivity contribution is -0.129. The summed E-state index contributed by atoms with van der Waals surface area (Å²) in [5, 5.41) is 35.1. The Labute approximate surface area is 358 Å². The van der Waals surface area contributed by atoms with Gasteiger partial charge in [0.25, 0.3) is 0 Å². The molecule has 0 radical (unpaired) electrons. The molecular weight excluding hydrogens is 757 g/mol. The first-order valence-electron chi connectivity index (χ1n) is 21.2. The molecule has 6 aromatic carbocycles. The number of carbonyl (C=O) groups excluding carboxylic acids is 1. The molecule has 2 heterocycles. The van der Waals surface area contributed by atoms with Crippen LogP contribution < -0.4 is 0 Å². The van der Waals surface area contributed by atoms with E-state index >= 15 is 0 Å². The highest BCUT2D eigenvalue weighted by Gasteiger charge is 2.42. The topological polar surface area (TPSA) is 106 Å². The molecule has 1 aliphatic heterocycles. The van der Waals surface area contributed by atoms with Gasteiger partial charge in [-0.1, -0.05) is 183 Å². The summed E-state index contributed by atoms with van der Waals surface area (Å²) in [4.78, 5) is 14.6. The van der Waals surface area contributed by atoms with Gasteiger partial charge in [-0.25, -0.2) is 9.80 Å². The first-order chi connectivity index (χ1) is 30.0. The number of hydrogen-bond donors (Lipinski definition) is 0. The molecule has 0 bridgehead atoms. The number of aromatic nitrogens is 4. The molecule has 308 valence electrons. The molecule has 0 fully saturated rings. The Hall–Kier alpha value is -6.75. The maximum Gasteiger partial charge on any atom is 0.226 e. The third-order valence-electron chi connectivity index (χ3n) is 11.6. The van der Waals surface area contributed by atoms with Crippen LogP contribution >= 0.6 is 0 Å². The minimum atomic E-state index is -0.883. The summed E-state index contributed by atoms with van der Waals surface area (Å²) < 4.78 is 1.96.